The molecule has 4 nitrogen and oxygen atoms in total. The number of aromatic nitrogens is 2. The van der Waals surface area contributed by atoms with E-state index in [2.05, 4.69) is 15.3 Å². The summed E-state index contributed by atoms with van der Waals surface area (Å²) in [7, 11) is 0. The quantitative estimate of drug-likeness (QED) is 0.924. The number of nitrogens with one attached hydrogen (secondary N) is 1. The molecule has 1 amide bonds. The minimum atomic E-state index is -0.110. The molecule has 0 saturated heterocycles. The lowest BCUT2D eigenvalue weighted by Gasteiger charge is -2.12. The number of aryl methyl sites for hydroxylation is 2. The first kappa shape index (κ1) is 12.7. The van der Waals surface area contributed by atoms with Gasteiger partial charge in [0.05, 0.1) is 22.3 Å². The molecule has 1 atom stereocenters. The van der Waals surface area contributed by atoms with Crippen molar-refractivity contribution < 1.29 is 4.79 Å². The maximum Gasteiger partial charge on any atom is 0.253 e. The van der Waals surface area contributed by atoms with Crippen molar-refractivity contribution in [1.82, 2.24) is 15.3 Å². The van der Waals surface area contributed by atoms with Gasteiger partial charge in [0.1, 0.15) is 0 Å². The van der Waals surface area contributed by atoms with Crippen LogP contribution in [0, 0.1) is 13.8 Å². The minimum Gasteiger partial charge on any atom is -0.345 e. The van der Waals surface area contributed by atoms with Crippen LogP contribution in [-0.2, 0) is 0 Å². The van der Waals surface area contributed by atoms with Crippen LogP contribution in [0.5, 0.6) is 0 Å². The molecule has 0 bridgehead atoms. The summed E-state index contributed by atoms with van der Waals surface area (Å²) in [5, 5.41) is 3.98. The third kappa shape index (κ3) is 2.73. The summed E-state index contributed by atoms with van der Waals surface area (Å²) in [6.45, 7) is 5.90. The molecular weight excluding hydrogens is 246 g/mol. The van der Waals surface area contributed by atoms with Gasteiger partial charge >= 0.3 is 0 Å². The van der Waals surface area contributed by atoms with Crippen LogP contribution < -0.4 is 5.32 Å². The standard InChI is InChI=1S/C13H15N3OS/c1-8-12(18-10(3)15-8)9(2)16-13(17)11-5-4-6-14-7-11/h4-7,9H,1-3H3,(H,16,17). The summed E-state index contributed by atoms with van der Waals surface area (Å²) in [5.74, 6) is -0.110. The Kier molecular flexibility index (Phi) is 3.72. The van der Waals surface area contributed by atoms with E-state index in [1.54, 1.807) is 35.9 Å². The molecule has 2 heterocycles. The highest BCUT2D eigenvalue weighted by Crippen LogP contribution is 2.24. The van der Waals surface area contributed by atoms with Crippen molar-refractivity contribution in [2.75, 3.05) is 0 Å². The molecule has 0 aromatic carbocycles. The number of pyridine rings is 1. The molecule has 94 valence electrons. The number of nitrogens with zero attached hydrogens (tertiary/aromatic N) is 2. The van der Waals surface area contributed by atoms with Crippen LogP contribution in [0.25, 0.3) is 0 Å². The molecule has 2 aromatic rings. The van der Waals surface area contributed by atoms with Crippen LogP contribution >= 0.6 is 11.3 Å². The van der Waals surface area contributed by atoms with Crippen molar-refractivity contribution in [1.29, 1.82) is 0 Å². The van der Waals surface area contributed by atoms with Gasteiger partial charge in [0, 0.05) is 17.3 Å². The molecule has 0 radical (unpaired) electrons. The molecule has 0 saturated carbocycles. The predicted octanol–water partition coefficient (Wildman–Crippen LogP) is 2.65. The number of rotatable bonds is 3. The molecule has 2 aromatic heterocycles. The summed E-state index contributed by atoms with van der Waals surface area (Å²) in [6.07, 6.45) is 3.21. The third-order valence-corrected chi connectivity index (χ3v) is 3.86. The third-order valence-electron chi connectivity index (χ3n) is 2.60. The average molecular weight is 261 g/mol. The summed E-state index contributed by atoms with van der Waals surface area (Å²) in [6, 6.07) is 3.46. The largest absolute Gasteiger partial charge is 0.345 e. The lowest BCUT2D eigenvalue weighted by Crippen LogP contribution is -2.26. The molecule has 1 N–H and O–H groups in total. The van der Waals surface area contributed by atoms with Crippen LogP contribution in [0.3, 0.4) is 0 Å². The summed E-state index contributed by atoms with van der Waals surface area (Å²) >= 11 is 1.62. The van der Waals surface area contributed by atoms with Gasteiger partial charge in [-0.15, -0.1) is 11.3 Å². The van der Waals surface area contributed by atoms with Gasteiger partial charge in [-0.05, 0) is 32.9 Å². The van der Waals surface area contributed by atoms with Crippen LogP contribution in [0.2, 0.25) is 0 Å². The van der Waals surface area contributed by atoms with Crippen molar-refractivity contribution in [3.63, 3.8) is 0 Å². The average Bonchev–Trinajstić information content (AvgIpc) is 2.69. The summed E-state index contributed by atoms with van der Waals surface area (Å²) in [5.41, 5.74) is 1.56. The molecular formula is C13H15N3OS. The fraction of sp³-hybridized carbons (Fsp3) is 0.308. The summed E-state index contributed by atoms with van der Waals surface area (Å²) < 4.78 is 0. The molecule has 0 aliphatic rings. The van der Waals surface area contributed by atoms with Gasteiger partial charge in [0.2, 0.25) is 0 Å². The van der Waals surface area contributed by atoms with E-state index < -0.39 is 0 Å². The van der Waals surface area contributed by atoms with E-state index in [-0.39, 0.29) is 11.9 Å². The number of amides is 1. The number of hydrogen-bond acceptors (Lipinski definition) is 4. The monoisotopic (exact) mass is 261 g/mol. The van der Waals surface area contributed by atoms with E-state index in [9.17, 15) is 4.79 Å². The van der Waals surface area contributed by atoms with Crippen LogP contribution in [-0.4, -0.2) is 15.9 Å². The van der Waals surface area contributed by atoms with Crippen molar-refractivity contribution in [2.24, 2.45) is 0 Å². The van der Waals surface area contributed by atoms with Gasteiger partial charge in [-0.3, -0.25) is 9.78 Å². The van der Waals surface area contributed by atoms with Crippen molar-refractivity contribution in [3.05, 3.63) is 45.7 Å². The van der Waals surface area contributed by atoms with E-state index in [0.717, 1.165) is 15.6 Å². The van der Waals surface area contributed by atoms with Gasteiger partial charge in [-0.25, -0.2) is 4.98 Å². The minimum absolute atomic E-state index is 0.0380. The van der Waals surface area contributed by atoms with Crippen LogP contribution in [0.1, 0.15) is 38.9 Å². The van der Waals surface area contributed by atoms with Gasteiger partial charge < -0.3 is 5.32 Å². The highest BCUT2D eigenvalue weighted by Gasteiger charge is 2.16. The van der Waals surface area contributed by atoms with Crippen molar-refractivity contribution >= 4 is 17.2 Å². The maximum atomic E-state index is 12.0. The van der Waals surface area contributed by atoms with Crippen molar-refractivity contribution in [2.45, 2.75) is 26.8 Å². The van der Waals surface area contributed by atoms with E-state index in [1.807, 2.05) is 20.8 Å². The van der Waals surface area contributed by atoms with Crippen molar-refractivity contribution in [3.8, 4) is 0 Å². The smallest absolute Gasteiger partial charge is 0.253 e. The highest BCUT2D eigenvalue weighted by molar-refractivity contribution is 7.11. The molecule has 1 unspecified atom stereocenters. The molecule has 0 fully saturated rings. The Hall–Kier alpha value is -1.75. The van der Waals surface area contributed by atoms with E-state index >= 15 is 0 Å². The van der Waals surface area contributed by atoms with E-state index in [4.69, 9.17) is 0 Å². The Morgan fingerprint density at radius 3 is 2.78 bits per heavy atom. The zero-order valence-electron chi connectivity index (χ0n) is 10.6. The number of thiazole rings is 1. The lowest BCUT2D eigenvalue weighted by molar-refractivity contribution is 0.0940. The Labute approximate surface area is 110 Å². The molecule has 18 heavy (non-hydrogen) atoms. The number of carbonyl (C=O) groups excluding carboxylic acids is 1. The van der Waals surface area contributed by atoms with Gasteiger partial charge in [-0.2, -0.15) is 0 Å². The second kappa shape index (κ2) is 5.27. The van der Waals surface area contributed by atoms with Gasteiger partial charge in [0.15, 0.2) is 0 Å². The second-order valence-electron chi connectivity index (χ2n) is 4.12. The molecule has 0 aliphatic heterocycles. The molecule has 0 aliphatic carbocycles. The molecule has 0 spiro atoms. The topological polar surface area (TPSA) is 54.9 Å². The Balaban J connectivity index is 2.10. The summed E-state index contributed by atoms with van der Waals surface area (Å²) in [4.78, 5) is 21.4. The SMILES string of the molecule is Cc1nc(C)c(C(C)NC(=O)c2cccnc2)s1. The second-order valence-corrected chi connectivity index (χ2v) is 5.35. The first-order valence-corrected chi connectivity index (χ1v) is 6.54. The Bertz CT molecular complexity index is 551. The van der Waals surface area contributed by atoms with E-state index in [1.165, 1.54) is 0 Å². The number of carbonyl (C=O) groups is 1. The Morgan fingerprint density at radius 2 is 2.22 bits per heavy atom. The zero-order valence-corrected chi connectivity index (χ0v) is 11.4. The Morgan fingerprint density at radius 1 is 1.44 bits per heavy atom. The normalized spacial score (nSPS) is 12.2. The highest BCUT2D eigenvalue weighted by atomic mass is 32.1. The van der Waals surface area contributed by atoms with Gasteiger partial charge in [-0.1, -0.05) is 0 Å². The fourth-order valence-electron chi connectivity index (χ4n) is 1.79. The maximum absolute atomic E-state index is 12.0. The first-order valence-electron chi connectivity index (χ1n) is 5.72. The first-order chi connectivity index (χ1) is 8.58. The van der Waals surface area contributed by atoms with Crippen LogP contribution in [0.4, 0.5) is 0 Å². The fourth-order valence-corrected chi connectivity index (χ4v) is 2.72. The van der Waals surface area contributed by atoms with Crippen LogP contribution in [0.15, 0.2) is 24.5 Å². The molecule has 2 rings (SSSR count). The van der Waals surface area contributed by atoms with E-state index in [0.29, 0.717) is 5.56 Å². The molecule has 5 heteroatoms. The van der Waals surface area contributed by atoms with Gasteiger partial charge in [0.25, 0.3) is 5.91 Å². The number of hydrogen-bond donors (Lipinski definition) is 1. The lowest BCUT2D eigenvalue weighted by atomic mass is 10.2. The predicted molar refractivity (Wildman–Crippen MR) is 71.7 cm³/mol. The zero-order chi connectivity index (χ0) is 13.1.